The molecule has 0 spiro atoms. The summed E-state index contributed by atoms with van der Waals surface area (Å²) >= 11 is 0. The van der Waals surface area contributed by atoms with E-state index in [1.54, 1.807) is 0 Å². The van der Waals surface area contributed by atoms with Crippen LogP contribution in [0.4, 0.5) is 0 Å². The summed E-state index contributed by atoms with van der Waals surface area (Å²) in [4.78, 5) is 8.93. The van der Waals surface area contributed by atoms with Crippen LogP contribution in [0.5, 0.6) is 0 Å². The largest absolute Gasteiger partial charge is 0.258 e. The second-order valence-electron chi connectivity index (χ2n) is 3.47. The standard InChI is InChI=1S/C10H14N2/c1-8-7-11-9-5-3-2-4-6-10(9)12-8/h7H,2-6H2,1H3. The lowest BCUT2D eigenvalue weighted by molar-refractivity contribution is 0.706. The van der Waals surface area contributed by atoms with E-state index in [9.17, 15) is 0 Å². The first-order valence-corrected chi connectivity index (χ1v) is 4.67. The van der Waals surface area contributed by atoms with Crippen molar-refractivity contribution in [2.24, 2.45) is 0 Å². The van der Waals surface area contributed by atoms with Crippen molar-refractivity contribution in [2.45, 2.75) is 39.0 Å². The van der Waals surface area contributed by atoms with E-state index < -0.39 is 0 Å². The second kappa shape index (κ2) is 3.21. The Morgan fingerprint density at radius 3 is 2.67 bits per heavy atom. The number of nitrogens with zero attached hydrogens (tertiary/aromatic N) is 2. The van der Waals surface area contributed by atoms with Gasteiger partial charge in [0.25, 0.3) is 0 Å². The molecule has 1 aromatic rings. The monoisotopic (exact) mass is 162 g/mol. The first-order chi connectivity index (χ1) is 5.86. The molecule has 0 aliphatic heterocycles. The first-order valence-electron chi connectivity index (χ1n) is 4.67. The van der Waals surface area contributed by atoms with Gasteiger partial charge in [0, 0.05) is 6.20 Å². The van der Waals surface area contributed by atoms with Crippen molar-refractivity contribution < 1.29 is 0 Å². The van der Waals surface area contributed by atoms with Gasteiger partial charge in [0.1, 0.15) is 0 Å². The molecule has 1 aliphatic rings. The summed E-state index contributed by atoms with van der Waals surface area (Å²) < 4.78 is 0. The summed E-state index contributed by atoms with van der Waals surface area (Å²) in [6.07, 6.45) is 8.03. The van der Waals surface area contributed by atoms with Gasteiger partial charge in [-0.05, 0) is 32.6 Å². The van der Waals surface area contributed by atoms with Crippen LogP contribution in [-0.4, -0.2) is 9.97 Å². The fraction of sp³-hybridized carbons (Fsp3) is 0.600. The Morgan fingerprint density at radius 1 is 1.08 bits per heavy atom. The quantitative estimate of drug-likeness (QED) is 0.546. The molecule has 0 radical (unpaired) electrons. The van der Waals surface area contributed by atoms with Gasteiger partial charge in [-0.2, -0.15) is 0 Å². The third-order valence-electron chi connectivity index (χ3n) is 2.38. The third kappa shape index (κ3) is 1.47. The Morgan fingerprint density at radius 2 is 1.83 bits per heavy atom. The Hall–Kier alpha value is -0.920. The molecule has 1 heterocycles. The predicted molar refractivity (Wildman–Crippen MR) is 48.0 cm³/mol. The molecule has 1 aromatic heterocycles. The highest BCUT2D eigenvalue weighted by Gasteiger charge is 2.09. The highest BCUT2D eigenvalue weighted by Crippen LogP contribution is 2.16. The molecule has 0 N–H and O–H groups in total. The third-order valence-corrected chi connectivity index (χ3v) is 2.38. The zero-order valence-electron chi connectivity index (χ0n) is 7.51. The Labute approximate surface area is 73.1 Å². The van der Waals surface area contributed by atoms with Crippen LogP contribution in [0.3, 0.4) is 0 Å². The molecule has 0 unspecified atom stereocenters. The molecular weight excluding hydrogens is 148 g/mol. The zero-order valence-corrected chi connectivity index (χ0v) is 7.51. The topological polar surface area (TPSA) is 25.8 Å². The highest BCUT2D eigenvalue weighted by molar-refractivity contribution is 5.15. The second-order valence-corrected chi connectivity index (χ2v) is 3.47. The summed E-state index contributed by atoms with van der Waals surface area (Å²) in [6.45, 7) is 2.01. The SMILES string of the molecule is Cc1cnc2c(n1)CCCCC2. The van der Waals surface area contributed by atoms with Gasteiger partial charge < -0.3 is 0 Å². The van der Waals surface area contributed by atoms with E-state index in [1.807, 2.05) is 13.1 Å². The van der Waals surface area contributed by atoms with Crippen molar-refractivity contribution in [1.82, 2.24) is 9.97 Å². The van der Waals surface area contributed by atoms with E-state index in [0.717, 1.165) is 18.5 Å². The van der Waals surface area contributed by atoms with Crippen molar-refractivity contribution in [2.75, 3.05) is 0 Å². The summed E-state index contributed by atoms with van der Waals surface area (Å²) in [6, 6.07) is 0. The maximum atomic E-state index is 4.51. The van der Waals surface area contributed by atoms with E-state index in [0.29, 0.717) is 0 Å². The van der Waals surface area contributed by atoms with E-state index in [1.165, 1.54) is 30.7 Å². The molecule has 0 atom stereocenters. The van der Waals surface area contributed by atoms with Crippen molar-refractivity contribution in [1.29, 1.82) is 0 Å². The van der Waals surface area contributed by atoms with Crippen molar-refractivity contribution in [3.8, 4) is 0 Å². The van der Waals surface area contributed by atoms with Gasteiger partial charge >= 0.3 is 0 Å². The molecule has 0 aromatic carbocycles. The highest BCUT2D eigenvalue weighted by atomic mass is 14.8. The zero-order chi connectivity index (χ0) is 8.39. The minimum atomic E-state index is 1.05. The van der Waals surface area contributed by atoms with E-state index in [-0.39, 0.29) is 0 Å². The summed E-state index contributed by atoms with van der Waals surface area (Å²) in [5.74, 6) is 0. The smallest absolute Gasteiger partial charge is 0.0621 e. The number of hydrogen-bond acceptors (Lipinski definition) is 2. The van der Waals surface area contributed by atoms with Crippen molar-refractivity contribution in [3.05, 3.63) is 23.3 Å². The van der Waals surface area contributed by atoms with Crippen LogP contribution in [-0.2, 0) is 12.8 Å². The molecule has 64 valence electrons. The van der Waals surface area contributed by atoms with E-state index >= 15 is 0 Å². The van der Waals surface area contributed by atoms with Gasteiger partial charge in [-0.1, -0.05) is 6.42 Å². The lowest BCUT2D eigenvalue weighted by Gasteiger charge is -2.02. The van der Waals surface area contributed by atoms with Crippen LogP contribution in [0.1, 0.15) is 36.3 Å². The minimum absolute atomic E-state index is 1.05. The average Bonchev–Trinajstić information content (AvgIpc) is 2.28. The molecule has 2 heteroatoms. The van der Waals surface area contributed by atoms with Gasteiger partial charge in [0.2, 0.25) is 0 Å². The number of hydrogen-bond donors (Lipinski definition) is 0. The fourth-order valence-corrected chi connectivity index (χ4v) is 1.72. The van der Waals surface area contributed by atoms with Crippen LogP contribution in [0.25, 0.3) is 0 Å². The summed E-state index contributed by atoms with van der Waals surface area (Å²) in [7, 11) is 0. The van der Waals surface area contributed by atoms with Crippen molar-refractivity contribution in [3.63, 3.8) is 0 Å². The van der Waals surface area contributed by atoms with Crippen LogP contribution in [0, 0.1) is 6.92 Å². The molecule has 0 amide bonds. The average molecular weight is 162 g/mol. The molecule has 0 saturated carbocycles. The van der Waals surface area contributed by atoms with E-state index in [2.05, 4.69) is 9.97 Å². The van der Waals surface area contributed by atoms with Crippen LogP contribution in [0.2, 0.25) is 0 Å². The Kier molecular flexibility index (Phi) is 2.07. The van der Waals surface area contributed by atoms with Crippen molar-refractivity contribution >= 4 is 0 Å². The molecule has 0 fully saturated rings. The number of aryl methyl sites for hydroxylation is 3. The molecular formula is C10H14N2. The first kappa shape index (κ1) is 7.71. The normalized spacial score (nSPS) is 16.8. The van der Waals surface area contributed by atoms with Crippen LogP contribution >= 0.6 is 0 Å². The fourth-order valence-electron chi connectivity index (χ4n) is 1.72. The molecule has 2 nitrogen and oxygen atoms in total. The van der Waals surface area contributed by atoms with Gasteiger partial charge in [0.15, 0.2) is 0 Å². The molecule has 12 heavy (non-hydrogen) atoms. The van der Waals surface area contributed by atoms with Gasteiger partial charge in [-0.25, -0.2) is 0 Å². The molecule has 0 bridgehead atoms. The lowest BCUT2D eigenvalue weighted by Crippen LogP contribution is -2.00. The summed E-state index contributed by atoms with van der Waals surface area (Å²) in [5, 5.41) is 0. The maximum absolute atomic E-state index is 4.51. The van der Waals surface area contributed by atoms with E-state index in [4.69, 9.17) is 0 Å². The lowest BCUT2D eigenvalue weighted by atomic mass is 10.2. The minimum Gasteiger partial charge on any atom is -0.258 e. The van der Waals surface area contributed by atoms with Crippen LogP contribution in [0.15, 0.2) is 6.20 Å². The maximum Gasteiger partial charge on any atom is 0.0621 e. The van der Waals surface area contributed by atoms with Gasteiger partial charge in [-0.15, -0.1) is 0 Å². The number of fused-ring (bicyclic) bond motifs is 1. The Balaban J connectivity index is 2.36. The molecule has 1 aliphatic carbocycles. The molecule has 2 rings (SSSR count). The molecule has 0 saturated heterocycles. The van der Waals surface area contributed by atoms with Gasteiger partial charge in [-0.3, -0.25) is 9.97 Å². The number of rotatable bonds is 0. The predicted octanol–water partition coefficient (Wildman–Crippen LogP) is 2.05. The van der Waals surface area contributed by atoms with Gasteiger partial charge in [0.05, 0.1) is 17.1 Å². The van der Waals surface area contributed by atoms with Crippen LogP contribution < -0.4 is 0 Å². The number of aromatic nitrogens is 2. The Bertz CT molecular complexity index is 281. The summed E-state index contributed by atoms with van der Waals surface area (Å²) in [5.41, 5.74) is 3.53.